The van der Waals surface area contributed by atoms with Crippen LogP contribution in [-0.2, 0) is 27.9 Å². The highest BCUT2D eigenvalue weighted by molar-refractivity contribution is 7.47. The lowest BCUT2D eigenvalue weighted by atomic mass is 10.0. The van der Waals surface area contributed by atoms with Gasteiger partial charge in [-0.05, 0) is 51.0 Å². The maximum absolute atomic E-state index is 12.6. The van der Waals surface area contributed by atoms with E-state index in [9.17, 15) is 14.3 Å². The molecule has 8 nitrogen and oxygen atoms in total. The Morgan fingerprint density at radius 3 is 1.80 bits per heavy atom. The van der Waals surface area contributed by atoms with E-state index in [0.29, 0.717) is 25.7 Å². The fourth-order valence-corrected chi connectivity index (χ4v) is 6.14. The molecule has 0 heterocycles. The molecule has 0 aromatic carbocycles. The lowest BCUT2D eigenvalue weighted by Crippen LogP contribution is -2.27. The van der Waals surface area contributed by atoms with E-state index >= 15 is 0 Å². The summed E-state index contributed by atoms with van der Waals surface area (Å²) in [7, 11) is -4.36. The Morgan fingerprint density at radius 2 is 1.24 bits per heavy atom. The molecule has 0 aliphatic heterocycles. The molecule has 296 valence electrons. The lowest BCUT2D eigenvalue weighted by molar-refractivity contribution is -0.153. The van der Waals surface area contributed by atoms with Crippen LogP contribution < -0.4 is 5.73 Å². The van der Waals surface area contributed by atoms with E-state index < -0.39 is 45.9 Å². The summed E-state index contributed by atoms with van der Waals surface area (Å²) >= 11 is 0. The summed E-state index contributed by atoms with van der Waals surface area (Å²) in [5.74, 6) is -0.452. The van der Waals surface area contributed by atoms with Crippen molar-refractivity contribution < 1.29 is 45.1 Å². The molecule has 3 N–H and O–H groups in total. The molecule has 0 aliphatic rings. The van der Waals surface area contributed by atoms with Crippen molar-refractivity contribution >= 4 is 13.8 Å². The zero-order valence-corrected chi connectivity index (χ0v) is 32.4. The molecule has 0 rings (SSSR count). The summed E-state index contributed by atoms with van der Waals surface area (Å²) < 4.78 is 102. The number of nitrogens with two attached hydrogens (primary N) is 1. The third kappa shape index (κ3) is 38.1. The van der Waals surface area contributed by atoms with Gasteiger partial charge in [-0.2, -0.15) is 0 Å². The molecule has 2 atom stereocenters. The normalized spacial score (nSPS) is 17.5. The van der Waals surface area contributed by atoms with Crippen LogP contribution >= 0.6 is 7.82 Å². The topological polar surface area (TPSA) is 117 Å². The van der Waals surface area contributed by atoms with Crippen LogP contribution in [0.25, 0.3) is 0 Å². The van der Waals surface area contributed by atoms with E-state index in [1.807, 2.05) is 18.2 Å². The first kappa shape index (κ1) is 34.6. The Bertz CT molecular complexity index is 1160. The minimum Gasteiger partial charge on any atom is -0.498 e. The summed E-state index contributed by atoms with van der Waals surface area (Å²) in [5.41, 5.74) is 5.34. The number of phosphoric ester groups is 1. The maximum Gasteiger partial charge on any atom is 0.472 e. The Hall–Kier alpha value is -1.18. The van der Waals surface area contributed by atoms with Gasteiger partial charge in [0, 0.05) is 25.3 Å². The summed E-state index contributed by atoms with van der Waals surface area (Å²) in [4.78, 5) is 22.5. The van der Waals surface area contributed by atoms with Gasteiger partial charge in [-0.3, -0.25) is 13.8 Å². The van der Waals surface area contributed by atoms with Gasteiger partial charge >= 0.3 is 13.8 Å². The third-order valence-corrected chi connectivity index (χ3v) is 9.27. The number of carbonyl (C=O) groups is 1. The van der Waals surface area contributed by atoms with Gasteiger partial charge in [-0.1, -0.05) is 161 Å². The number of esters is 1. The summed E-state index contributed by atoms with van der Waals surface area (Å²) in [6.45, 7) is -1.55. The largest absolute Gasteiger partial charge is 0.498 e. The van der Waals surface area contributed by atoms with Gasteiger partial charge in [0.15, 0.2) is 6.10 Å². The van der Waals surface area contributed by atoms with E-state index in [2.05, 4.69) is 6.92 Å². The van der Waals surface area contributed by atoms with Crippen LogP contribution in [0.3, 0.4) is 0 Å². The molecule has 0 saturated carbocycles. The van der Waals surface area contributed by atoms with Gasteiger partial charge in [0.1, 0.15) is 6.61 Å². The molecule has 0 spiro atoms. The molecule has 0 saturated heterocycles. The van der Waals surface area contributed by atoms with Gasteiger partial charge in [-0.25, -0.2) is 4.57 Å². The minimum absolute atomic E-state index is 0.0387. The van der Waals surface area contributed by atoms with Gasteiger partial charge in [0.25, 0.3) is 0 Å². The van der Waals surface area contributed by atoms with Crippen LogP contribution in [0.15, 0.2) is 24.5 Å². The predicted octanol–water partition coefficient (Wildman–Crippen LogP) is 12.4. The van der Waals surface area contributed by atoms with Crippen molar-refractivity contribution in [3.05, 3.63) is 24.5 Å². The Kier molecular flexibility index (Phi) is 27.0. The van der Waals surface area contributed by atoms with Crippen LogP contribution in [0.1, 0.15) is 212 Å². The van der Waals surface area contributed by atoms with E-state index in [-0.39, 0.29) is 39.2 Å². The number of rotatable bonds is 40. The molecule has 0 amide bonds. The highest BCUT2D eigenvalue weighted by Gasteiger charge is 2.25. The van der Waals surface area contributed by atoms with Crippen molar-refractivity contribution in [2.45, 2.75) is 206 Å². The molecule has 0 radical (unpaired) electrons. The van der Waals surface area contributed by atoms with Crippen molar-refractivity contribution in [1.29, 1.82) is 0 Å². The monoisotopic (exact) mass is 739 g/mol. The van der Waals surface area contributed by atoms with E-state index in [4.69, 9.17) is 36.6 Å². The van der Waals surface area contributed by atoms with Crippen molar-refractivity contribution in [3.8, 4) is 0 Å². The molecule has 1 unspecified atom stereocenters. The smallest absolute Gasteiger partial charge is 0.472 e. The van der Waals surface area contributed by atoms with Gasteiger partial charge in [0.2, 0.25) is 0 Å². The molecule has 0 aromatic heterocycles. The third-order valence-electron chi connectivity index (χ3n) is 8.28. The van der Waals surface area contributed by atoms with Crippen LogP contribution in [0.2, 0.25) is 0 Å². The standard InChI is InChI=1S/C41H80NO7P/c1-3-5-7-9-11-13-15-17-19-21-23-25-27-29-31-33-36-46-38-40(39-48-50(44,45)47-37-35-42)49-41(43)34-32-30-28-26-24-22-20-18-16-14-12-10-8-6-4-2/h18,20,33,36,40H,3-17,19,21-32,34-35,37-39,42H2,1-2H3,(H,44,45)/b20-18+,36-33+/t40-/m1/s1/i2D3,4D2,6D2,8D2. The van der Waals surface area contributed by atoms with Crippen LogP contribution in [0.4, 0.5) is 0 Å². The number of allylic oxidation sites excluding steroid dienone is 3. The SMILES string of the molecule is [2H]C([2H])([2H])C([2H])([2H])C([2H])([2H])C([2H])([2H])CCCC/C=C/CCCCCCCC(=O)O[C@H](CO/C=C/CCCCCCCCCCCCCCCC)COP(=O)(O)OCCN. The quantitative estimate of drug-likeness (QED) is 0.0210. The molecule has 0 fully saturated rings. The molecular formula is C41H80NO7P. The number of hydrogen-bond donors (Lipinski definition) is 2. The first-order valence-electron chi connectivity index (χ1n) is 24.3. The summed E-state index contributed by atoms with van der Waals surface area (Å²) in [6.07, 6.45) is 23.2. The molecule has 0 bridgehead atoms. The van der Waals surface area contributed by atoms with Crippen molar-refractivity contribution in [1.82, 2.24) is 0 Å². The van der Waals surface area contributed by atoms with Gasteiger partial charge < -0.3 is 20.1 Å². The van der Waals surface area contributed by atoms with Gasteiger partial charge in [-0.15, -0.1) is 0 Å². The van der Waals surface area contributed by atoms with E-state index in [1.165, 1.54) is 83.5 Å². The molecular weight excluding hydrogens is 649 g/mol. The first-order valence-corrected chi connectivity index (χ1v) is 21.3. The van der Waals surface area contributed by atoms with Gasteiger partial charge in [0.05, 0.1) is 19.5 Å². The number of ether oxygens (including phenoxy) is 2. The molecule has 0 aromatic rings. The number of hydrogen-bond acceptors (Lipinski definition) is 7. The second-order valence-electron chi connectivity index (χ2n) is 13.0. The first-order chi connectivity index (χ1) is 27.8. The zero-order valence-electron chi connectivity index (χ0n) is 40.5. The van der Waals surface area contributed by atoms with Crippen LogP contribution in [-0.4, -0.2) is 43.3 Å². The summed E-state index contributed by atoms with van der Waals surface area (Å²) in [6, 6.07) is 0. The predicted molar refractivity (Wildman–Crippen MR) is 210 cm³/mol. The van der Waals surface area contributed by atoms with Crippen molar-refractivity contribution in [2.75, 3.05) is 26.4 Å². The van der Waals surface area contributed by atoms with Crippen LogP contribution in [0, 0.1) is 0 Å². The highest BCUT2D eigenvalue weighted by atomic mass is 31.2. The Balaban J connectivity index is 4.30. The fraction of sp³-hybridized carbons (Fsp3) is 0.878. The van der Waals surface area contributed by atoms with Crippen molar-refractivity contribution in [3.63, 3.8) is 0 Å². The second kappa shape index (κ2) is 39.0. The highest BCUT2D eigenvalue weighted by Crippen LogP contribution is 2.43. The number of unbranched alkanes of at least 4 members (excludes halogenated alkanes) is 21. The average Bonchev–Trinajstić information content (AvgIpc) is 3.16. The molecule has 0 aliphatic carbocycles. The number of carbonyl (C=O) groups excluding carboxylic acids is 1. The fourth-order valence-electron chi connectivity index (χ4n) is 5.38. The number of phosphoric acid groups is 1. The summed E-state index contributed by atoms with van der Waals surface area (Å²) in [5, 5.41) is 0. The minimum atomic E-state index is -4.36. The molecule has 9 heteroatoms. The Labute approximate surface area is 321 Å². The Morgan fingerprint density at radius 1 is 0.720 bits per heavy atom. The zero-order chi connectivity index (χ0) is 44.5. The average molecular weight is 739 g/mol. The maximum atomic E-state index is 12.6. The lowest BCUT2D eigenvalue weighted by Gasteiger charge is -2.19. The second-order valence-corrected chi connectivity index (χ2v) is 14.5. The van der Waals surface area contributed by atoms with Crippen molar-refractivity contribution in [2.24, 2.45) is 5.73 Å². The van der Waals surface area contributed by atoms with Crippen LogP contribution in [0.5, 0.6) is 0 Å². The van der Waals surface area contributed by atoms with E-state index in [1.54, 1.807) is 6.26 Å². The molecule has 50 heavy (non-hydrogen) atoms. The van der Waals surface area contributed by atoms with E-state index in [0.717, 1.165) is 44.9 Å².